The Morgan fingerprint density at radius 3 is 2.58 bits per heavy atom. The lowest BCUT2D eigenvalue weighted by molar-refractivity contribution is -0.117. The molecule has 0 bridgehead atoms. The summed E-state index contributed by atoms with van der Waals surface area (Å²) in [5.74, 6) is 0.359. The molecule has 1 aliphatic rings. The normalized spacial score (nSPS) is 14.3. The molecule has 0 aliphatic carbocycles. The first kappa shape index (κ1) is 18.0. The van der Waals surface area contributed by atoms with Gasteiger partial charge in [0.2, 0.25) is 17.0 Å². The van der Waals surface area contributed by atoms with Crippen LogP contribution in [0.15, 0.2) is 29.4 Å². The molecule has 1 atom stereocenters. The van der Waals surface area contributed by atoms with Crippen LogP contribution in [-0.4, -0.2) is 31.7 Å². The number of benzene rings is 1. The highest BCUT2D eigenvalue weighted by atomic mass is 32.2. The summed E-state index contributed by atoms with van der Waals surface area (Å²) < 4.78 is 12.2. The Morgan fingerprint density at radius 1 is 1.27 bits per heavy atom. The zero-order chi connectivity index (χ0) is 18.8. The van der Waals surface area contributed by atoms with Crippen molar-refractivity contribution in [3.05, 3.63) is 41.0 Å². The Labute approximate surface area is 153 Å². The van der Waals surface area contributed by atoms with Gasteiger partial charge < -0.3 is 11.5 Å². The van der Waals surface area contributed by atoms with Crippen LogP contribution in [0.1, 0.15) is 34.8 Å². The molecule has 1 aliphatic heterocycles. The van der Waals surface area contributed by atoms with Crippen LogP contribution >= 0.6 is 0 Å². The Bertz CT molecular complexity index is 898. The molecule has 4 N–H and O–H groups in total. The molecule has 1 unspecified atom stereocenters. The van der Waals surface area contributed by atoms with E-state index < -0.39 is 16.7 Å². The maximum atomic E-state index is 12.4. The van der Waals surface area contributed by atoms with Crippen molar-refractivity contribution in [2.24, 2.45) is 5.73 Å². The Morgan fingerprint density at radius 2 is 1.96 bits per heavy atom. The van der Waals surface area contributed by atoms with Crippen LogP contribution in [-0.2, 0) is 28.6 Å². The number of amides is 2. The molecule has 0 saturated carbocycles. The fourth-order valence-corrected chi connectivity index (χ4v) is 3.67. The molecule has 0 spiro atoms. The predicted molar refractivity (Wildman–Crippen MR) is 97.9 cm³/mol. The highest BCUT2D eigenvalue weighted by Gasteiger charge is 2.32. The van der Waals surface area contributed by atoms with Gasteiger partial charge in [-0.25, -0.2) is 9.97 Å². The molecule has 26 heavy (non-hydrogen) atoms. The molecule has 2 heterocycles. The van der Waals surface area contributed by atoms with E-state index in [1.54, 1.807) is 24.3 Å². The molecule has 0 saturated heterocycles. The van der Waals surface area contributed by atoms with Gasteiger partial charge in [0.25, 0.3) is 0 Å². The van der Waals surface area contributed by atoms with Crippen molar-refractivity contribution < 1.29 is 13.8 Å². The fourth-order valence-electron chi connectivity index (χ4n) is 2.72. The summed E-state index contributed by atoms with van der Waals surface area (Å²) in [5, 5.41) is 0.145. The number of nitrogen functional groups attached to an aromatic ring is 1. The smallest absolute Gasteiger partial charge is 0.248 e. The third-order valence-electron chi connectivity index (χ3n) is 4.05. The van der Waals surface area contributed by atoms with Gasteiger partial charge in [0.1, 0.15) is 11.6 Å². The number of fused-ring (bicyclic) bond motifs is 1. The fraction of sp³-hybridized carbons (Fsp3) is 0.294. The standard InChI is InChI=1S/C17H19N5O3S/c1-2-7-26(25)17-20-14(18)12-8-13(23)22(16(12)21-17)9-10-3-5-11(6-4-10)15(19)24/h3-6H,2,7-9H2,1H3,(H2,19,24)(H2,18,20,21). The van der Waals surface area contributed by atoms with E-state index in [1.165, 1.54) is 4.90 Å². The van der Waals surface area contributed by atoms with Gasteiger partial charge >= 0.3 is 0 Å². The minimum absolute atomic E-state index is 0.112. The van der Waals surface area contributed by atoms with Crippen molar-refractivity contribution in [2.75, 3.05) is 16.4 Å². The average molecular weight is 373 g/mol. The summed E-state index contributed by atoms with van der Waals surface area (Å²) in [6.07, 6.45) is 0.836. The summed E-state index contributed by atoms with van der Waals surface area (Å²) in [5.41, 5.74) is 13.0. The Hall–Kier alpha value is -2.81. The lowest BCUT2D eigenvalue weighted by Gasteiger charge is -2.17. The van der Waals surface area contributed by atoms with Gasteiger partial charge in [0.15, 0.2) is 0 Å². The van der Waals surface area contributed by atoms with Crippen molar-refractivity contribution >= 4 is 34.2 Å². The number of aromatic nitrogens is 2. The molecule has 1 aromatic heterocycles. The van der Waals surface area contributed by atoms with Crippen molar-refractivity contribution in [2.45, 2.75) is 31.5 Å². The van der Waals surface area contributed by atoms with Crippen molar-refractivity contribution in [3.63, 3.8) is 0 Å². The predicted octanol–water partition coefficient (Wildman–Crippen LogP) is 0.765. The maximum Gasteiger partial charge on any atom is 0.248 e. The number of rotatable bonds is 6. The maximum absolute atomic E-state index is 12.4. The van der Waals surface area contributed by atoms with Crippen LogP contribution in [0.3, 0.4) is 0 Å². The first-order valence-corrected chi connectivity index (χ1v) is 9.46. The minimum Gasteiger partial charge on any atom is -0.383 e. The van der Waals surface area contributed by atoms with E-state index in [0.717, 1.165) is 12.0 Å². The first-order chi connectivity index (χ1) is 12.4. The second-order valence-electron chi connectivity index (χ2n) is 5.96. The molecule has 9 heteroatoms. The van der Waals surface area contributed by atoms with Crippen LogP contribution in [0.2, 0.25) is 0 Å². The van der Waals surface area contributed by atoms with Gasteiger partial charge in [-0.15, -0.1) is 0 Å². The minimum atomic E-state index is -1.36. The van der Waals surface area contributed by atoms with Gasteiger partial charge in [-0.05, 0) is 24.1 Å². The van der Waals surface area contributed by atoms with Crippen LogP contribution in [0, 0.1) is 0 Å². The Balaban J connectivity index is 1.92. The molecule has 0 fully saturated rings. The zero-order valence-electron chi connectivity index (χ0n) is 14.3. The SMILES string of the molecule is CCCS(=O)c1nc(N)c2c(n1)N(Cc1ccc(C(N)=O)cc1)C(=O)C2. The van der Waals surface area contributed by atoms with E-state index in [1.807, 2.05) is 6.92 Å². The summed E-state index contributed by atoms with van der Waals surface area (Å²) in [4.78, 5) is 33.5. The number of hydrogen-bond acceptors (Lipinski definition) is 6. The van der Waals surface area contributed by atoms with Gasteiger partial charge in [-0.3, -0.25) is 18.7 Å². The zero-order valence-corrected chi connectivity index (χ0v) is 15.1. The number of carbonyl (C=O) groups is 2. The third kappa shape index (κ3) is 3.43. The van der Waals surface area contributed by atoms with Crippen LogP contribution in [0.4, 0.5) is 11.6 Å². The number of nitrogens with two attached hydrogens (primary N) is 2. The highest BCUT2D eigenvalue weighted by molar-refractivity contribution is 7.84. The van der Waals surface area contributed by atoms with Crippen molar-refractivity contribution in [1.29, 1.82) is 0 Å². The molecule has 8 nitrogen and oxygen atoms in total. The summed E-state index contributed by atoms with van der Waals surface area (Å²) >= 11 is 0. The quantitative estimate of drug-likeness (QED) is 0.719. The van der Waals surface area contributed by atoms with Gasteiger partial charge in [0, 0.05) is 16.9 Å². The lowest BCUT2D eigenvalue weighted by Crippen LogP contribution is -2.27. The number of primary amides is 1. The van der Waals surface area contributed by atoms with E-state index in [4.69, 9.17) is 11.5 Å². The van der Waals surface area contributed by atoms with Crippen LogP contribution < -0.4 is 16.4 Å². The average Bonchev–Trinajstić information content (AvgIpc) is 2.92. The Kier molecular flexibility index (Phi) is 4.99. The van der Waals surface area contributed by atoms with Crippen molar-refractivity contribution in [1.82, 2.24) is 9.97 Å². The van der Waals surface area contributed by atoms with Crippen LogP contribution in [0.5, 0.6) is 0 Å². The van der Waals surface area contributed by atoms with Crippen molar-refractivity contribution in [3.8, 4) is 0 Å². The second-order valence-corrected chi connectivity index (χ2v) is 7.43. The van der Waals surface area contributed by atoms with E-state index >= 15 is 0 Å². The lowest BCUT2D eigenvalue weighted by atomic mass is 10.1. The second kappa shape index (κ2) is 7.20. The van der Waals surface area contributed by atoms with E-state index in [2.05, 4.69) is 9.97 Å². The van der Waals surface area contributed by atoms with E-state index in [9.17, 15) is 13.8 Å². The summed E-state index contributed by atoms with van der Waals surface area (Å²) in [6.45, 7) is 2.18. The number of hydrogen-bond donors (Lipinski definition) is 2. The largest absolute Gasteiger partial charge is 0.383 e. The number of carbonyl (C=O) groups excluding carboxylic acids is 2. The molecule has 2 amide bonds. The number of nitrogens with zero attached hydrogens (tertiary/aromatic N) is 3. The number of anilines is 2. The molecule has 1 aromatic carbocycles. The molecule has 2 aromatic rings. The first-order valence-electron chi connectivity index (χ1n) is 8.14. The topological polar surface area (TPSA) is 132 Å². The molecule has 3 rings (SSSR count). The molecular weight excluding hydrogens is 354 g/mol. The van der Waals surface area contributed by atoms with Gasteiger partial charge in [-0.1, -0.05) is 19.1 Å². The highest BCUT2D eigenvalue weighted by Crippen LogP contribution is 2.32. The molecule has 136 valence electrons. The molecular formula is C17H19N5O3S. The van der Waals surface area contributed by atoms with E-state index in [0.29, 0.717) is 22.7 Å². The monoisotopic (exact) mass is 373 g/mol. The van der Waals surface area contributed by atoms with Gasteiger partial charge in [0.05, 0.1) is 23.8 Å². The molecule has 0 radical (unpaired) electrons. The summed E-state index contributed by atoms with van der Waals surface area (Å²) in [7, 11) is -1.36. The van der Waals surface area contributed by atoms with Gasteiger partial charge in [-0.2, -0.15) is 0 Å². The summed E-state index contributed by atoms with van der Waals surface area (Å²) in [6, 6.07) is 6.67. The van der Waals surface area contributed by atoms with Crippen LogP contribution in [0.25, 0.3) is 0 Å². The third-order valence-corrected chi connectivity index (χ3v) is 5.42. The van der Waals surface area contributed by atoms with E-state index in [-0.39, 0.29) is 29.8 Å².